The first-order valence-corrected chi connectivity index (χ1v) is 5.72. The fourth-order valence-electron chi connectivity index (χ4n) is 1.82. The quantitative estimate of drug-likeness (QED) is 0.824. The van der Waals surface area contributed by atoms with Crippen LogP contribution in [0.3, 0.4) is 0 Å². The fraction of sp³-hybridized carbons (Fsp3) is 0.133. The number of nitrogens with zero attached hydrogens (tertiary/aromatic N) is 1. The minimum Gasteiger partial charge on any atom is -0.497 e. The molecule has 18 heavy (non-hydrogen) atoms. The summed E-state index contributed by atoms with van der Waals surface area (Å²) in [5.74, 6) is 0.752. The molecule has 0 saturated carbocycles. The Bertz CT molecular complexity index is 520. The highest BCUT2D eigenvalue weighted by Crippen LogP contribution is 2.26. The lowest BCUT2D eigenvalue weighted by atomic mass is 10.2. The number of rotatable bonds is 3. The van der Waals surface area contributed by atoms with Crippen molar-refractivity contribution in [2.75, 3.05) is 12.0 Å². The van der Waals surface area contributed by atoms with Gasteiger partial charge in [0.05, 0.1) is 7.11 Å². The maximum atomic E-state index is 11.8. The molecular weight excluding hydrogens is 226 g/mol. The molecule has 0 aliphatic heterocycles. The molecule has 92 valence electrons. The average molecular weight is 241 g/mol. The first-order chi connectivity index (χ1) is 8.72. The van der Waals surface area contributed by atoms with Crippen molar-refractivity contribution in [2.24, 2.45) is 0 Å². The highest BCUT2D eigenvalue weighted by atomic mass is 16.5. The third-order valence-electron chi connectivity index (χ3n) is 2.66. The molecule has 0 heterocycles. The fourth-order valence-corrected chi connectivity index (χ4v) is 1.82. The number of hydrogen-bond donors (Lipinski definition) is 0. The zero-order valence-corrected chi connectivity index (χ0v) is 10.5. The maximum Gasteiger partial charge on any atom is 0.228 e. The van der Waals surface area contributed by atoms with Gasteiger partial charge in [0.1, 0.15) is 5.75 Å². The number of ether oxygens (including phenoxy) is 1. The Hall–Kier alpha value is -2.29. The highest BCUT2D eigenvalue weighted by Gasteiger charge is 2.13. The Morgan fingerprint density at radius 2 is 1.50 bits per heavy atom. The molecule has 0 unspecified atom stereocenters. The number of carbonyl (C=O) groups excluding carboxylic acids is 1. The summed E-state index contributed by atoms with van der Waals surface area (Å²) in [5, 5.41) is 0. The lowest BCUT2D eigenvalue weighted by Gasteiger charge is -2.21. The molecule has 3 nitrogen and oxygen atoms in total. The zero-order chi connectivity index (χ0) is 13.0. The molecule has 0 aliphatic carbocycles. The van der Waals surface area contributed by atoms with Gasteiger partial charge >= 0.3 is 0 Å². The summed E-state index contributed by atoms with van der Waals surface area (Å²) >= 11 is 0. The molecule has 0 aliphatic rings. The van der Waals surface area contributed by atoms with Gasteiger partial charge in [-0.25, -0.2) is 0 Å². The number of hydrogen-bond acceptors (Lipinski definition) is 2. The Kier molecular flexibility index (Phi) is 3.63. The SMILES string of the molecule is COc1ccc(N(C(C)=O)c2ccccc2)cc1. The summed E-state index contributed by atoms with van der Waals surface area (Å²) in [7, 11) is 1.62. The molecule has 0 spiro atoms. The second kappa shape index (κ2) is 5.36. The molecule has 2 rings (SSSR count). The van der Waals surface area contributed by atoms with E-state index >= 15 is 0 Å². The van der Waals surface area contributed by atoms with E-state index in [2.05, 4.69) is 0 Å². The first kappa shape index (κ1) is 12.2. The molecule has 1 amide bonds. The smallest absolute Gasteiger partial charge is 0.228 e. The summed E-state index contributed by atoms with van der Waals surface area (Å²) in [4.78, 5) is 13.5. The maximum absolute atomic E-state index is 11.8. The van der Waals surface area contributed by atoms with E-state index in [1.165, 1.54) is 0 Å². The van der Waals surface area contributed by atoms with Crippen LogP contribution in [0.25, 0.3) is 0 Å². The van der Waals surface area contributed by atoms with Crippen molar-refractivity contribution in [3.8, 4) is 5.75 Å². The minimum absolute atomic E-state index is 0.0219. The van der Waals surface area contributed by atoms with Crippen LogP contribution in [-0.4, -0.2) is 13.0 Å². The molecule has 0 fully saturated rings. The van der Waals surface area contributed by atoms with Crippen molar-refractivity contribution < 1.29 is 9.53 Å². The van der Waals surface area contributed by atoms with Crippen LogP contribution in [0.5, 0.6) is 5.75 Å². The van der Waals surface area contributed by atoms with Crippen molar-refractivity contribution in [2.45, 2.75) is 6.92 Å². The van der Waals surface area contributed by atoms with Gasteiger partial charge in [-0.15, -0.1) is 0 Å². The molecule has 0 saturated heterocycles. The summed E-state index contributed by atoms with van der Waals surface area (Å²) in [6.07, 6.45) is 0. The van der Waals surface area contributed by atoms with E-state index in [1.54, 1.807) is 18.9 Å². The first-order valence-electron chi connectivity index (χ1n) is 5.72. The van der Waals surface area contributed by atoms with Gasteiger partial charge < -0.3 is 4.74 Å². The van der Waals surface area contributed by atoms with E-state index in [9.17, 15) is 4.79 Å². The minimum atomic E-state index is -0.0219. The third-order valence-corrected chi connectivity index (χ3v) is 2.66. The molecule has 0 aromatic heterocycles. The Labute approximate surface area is 107 Å². The monoisotopic (exact) mass is 241 g/mol. The number of amides is 1. The molecule has 2 aromatic carbocycles. The molecule has 0 N–H and O–H groups in total. The number of methoxy groups -OCH3 is 1. The van der Waals surface area contributed by atoms with Crippen molar-refractivity contribution in [3.63, 3.8) is 0 Å². The van der Waals surface area contributed by atoms with Crippen LogP contribution in [0.15, 0.2) is 54.6 Å². The predicted molar refractivity (Wildman–Crippen MR) is 72.3 cm³/mol. The van der Waals surface area contributed by atoms with E-state index in [4.69, 9.17) is 4.74 Å². The second-order valence-corrected chi connectivity index (χ2v) is 3.89. The van der Waals surface area contributed by atoms with Gasteiger partial charge in [-0.3, -0.25) is 9.69 Å². The molecule has 0 radical (unpaired) electrons. The van der Waals surface area contributed by atoms with Gasteiger partial charge in [0, 0.05) is 18.3 Å². The van der Waals surface area contributed by atoms with Crippen LogP contribution < -0.4 is 9.64 Å². The Morgan fingerprint density at radius 3 is 2.00 bits per heavy atom. The highest BCUT2D eigenvalue weighted by molar-refractivity contribution is 5.99. The normalized spacial score (nSPS) is 9.89. The second-order valence-electron chi connectivity index (χ2n) is 3.89. The van der Waals surface area contributed by atoms with Crippen LogP contribution in [0, 0.1) is 0 Å². The topological polar surface area (TPSA) is 29.5 Å². The largest absolute Gasteiger partial charge is 0.497 e. The Balaban J connectivity index is 2.39. The number of anilines is 2. The van der Waals surface area contributed by atoms with E-state index in [0.29, 0.717) is 0 Å². The van der Waals surface area contributed by atoms with Crippen molar-refractivity contribution >= 4 is 17.3 Å². The van der Waals surface area contributed by atoms with Crippen molar-refractivity contribution in [3.05, 3.63) is 54.6 Å². The van der Waals surface area contributed by atoms with E-state index < -0.39 is 0 Å². The van der Waals surface area contributed by atoms with Gasteiger partial charge in [0.25, 0.3) is 0 Å². The number of benzene rings is 2. The van der Waals surface area contributed by atoms with E-state index in [-0.39, 0.29) is 5.91 Å². The molecular formula is C15H15NO2. The number of carbonyl (C=O) groups is 1. The van der Waals surface area contributed by atoms with Gasteiger partial charge in [-0.1, -0.05) is 18.2 Å². The summed E-state index contributed by atoms with van der Waals surface area (Å²) in [6, 6.07) is 17.0. The van der Waals surface area contributed by atoms with Gasteiger partial charge in [0.15, 0.2) is 0 Å². The lowest BCUT2D eigenvalue weighted by molar-refractivity contribution is -0.115. The lowest BCUT2D eigenvalue weighted by Crippen LogP contribution is -2.22. The third kappa shape index (κ3) is 2.51. The standard InChI is InChI=1S/C15H15NO2/c1-12(17)16(13-6-4-3-5-7-13)14-8-10-15(18-2)11-9-14/h3-11H,1-2H3. The van der Waals surface area contributed by atoms with Crippen LogP contribution in [-0.2, 0) is 4.79 Å². The average Bonchev–Trinajstić information content (AvgIpc) is 2.40. The summed E-state index contributed by atoms with van der Waals surface area (Å²) in [5.41, 5.74) is 1.68. The summed E-state index contributed by atoms with van der Waals surface area (Å²) in [6.45, 7) is 1.55. The van der Waals surface area contributed by atoms with Gasteiger partial charge in [-0.05, 0) is 36.4 Å². The summed E-state index contributed by atoms with van der Waals surface area (Å²) < 4.78 is 5.11. The van der Waals surface area contributed by atoms with Crippen LogP contribution >= 0.6 is 0 Å². The van der Waals surface area contributed by atoms with Crippen molar-refractivity contribution in [1.82, 2.24) is 0 Å². The van der Waals surface area contributed by atoms with Crippen molar-refractivity contribution in [1.29, 1.82) is 0 Å². The van der Waals surface area contributed by atoms with Crippen LogP contribution in [0.1, 0.15) is 6.92 Å². The molecule has 0 bridgehead atoms. The molecule has 2 aromatic rings. The molecule has 3 heteroatoms. The van der Waals surface area contributed by atoms with Crippen LogP contribution in [0.2, 0.25) is 0 Å². The van der Waals surface area contributed by atoms with E-state index in [1.807, 2.05) is 54.6 Å². The zero-order valence-electron chi connectivity index (χ0n) is 10.5. The predicted octanol–water partition coefficient (Wildman–Crippen LogP) is 3.38. The van der Waals surface area contributed by atoms with Gasteiger partial charge in [0.2, 0.25) is 5.91 Å². The Morgan fingerprint density at radius 1 is 0.944 bits per heavy atom. The molecule has 0 atom stereocenters. The number of para-hydroxylation sites is 1. The van der Waals surface area contributed by atoms with Crippen LogP contribution in [0.4, 0.5) is 11.4 Å². The van der Waals surface area contributed by atoms with Gasteiger partial charge in [-0.2, -0.15) is 0 Å². The van der Waals surface area contributed by atoms with E-state index in [0.717, 1.165) is 17.1 Å².